The number of rotatable bonds is 8. The third-order valence-electron chi connectivity index (χ3n) is 18.4. The topological polar surface area (TPSA) is 16.3 Å². The number of benzene rings is 13. The summed E-state index contributed by atoms with van der Waals surface area (Å²) < 4.78 is 4.87. The minimum absolute atomic E-state index is 0.191. The number of hydrogen-bond acceptors (Lipinski definition) is 2. The van der Waals surface area contributed by atoms with Gasteiger partial charge in [-0.3, -0.25) is 0 Å². The summed E-state index contributed by atoms with van der Waals surface area (Å²) in [6.45, 7) is 6.89. The van der Waals surface area contributed by atoms with E-state index < -0.39 is 0 Å². The van der Waals surface area contributed by atoms with Gasteiger partial charge in [0, 0.05) is 66.8 Å². The van der Waals surface area contributed by atoms with Crippen molar-refractivity contribution in [2.75, 3.05) is 9.80 Å². The van der Waals surface area contributed by atoms with Crippen LogP contribution in [0.1, 0.15) is 26.3 Å². The Balaban J connectivity index is 0.996. The summed E-state index contributed by atoms with van der Waals surface area (Å²) in [4.78, 5) is 5.23. The van der Waals surface area contributed by atoms with Gasteiger partial charge in [-0.2, -0.15) is 0 Å². The molecule has 0 atom stereocenters. The molecule has 2 aromatic heterocycles. The van der Waals surface area contributed by atoms with E-state index >= 15 is 0 Å². The van der Waals surface area contributed by atoms with Crippen LogP contribution < -0.4 is 26.2 Å². The van der Waals surface area contributed by atoms with Gasteiger partial charge in [0.1, 0.15) is 0 Å². The van der Waals surface area contributed by atoms with Gasteiger partial charge in [-0.15, -0.1) is 0 Å². The van der Waals surface area contributed by atoms with Crippen molar-refractivity contribution in [3.8, 4) is 55.9 Å². The average molecular weight is 1110 g/mol. The third-order valence-corrected chi connectivity index (χ3v) is 18.4. The first-order valence-electron chi connectivity index (χ1n) is 30.4. The molecule has 0 bridgehead atoms. The number of nitrogens with zero attached hydrogens (tertiary/aromatic N) is 4. The second kappa shape index (κ2) is 19.9. The zero-order valence-corrected chi connectivity index (χ0v) is 48.7. The van der Waals surface area contributed by atoms with Crippen molar-refractivity contribution in [1.82, 2.24) is 9.13 Å². The van der Waals surface area contributed by atoms with Gasteiger partial charge in [0.15, 0.2) is 0 Å². The van der Waals surface area contributed by atoms with Crippen molar-refractivity contribution in [2.24, 2.45) is 0 Å². The fraction of sp³-hybridized carbons (Fsp3) is 0.0488. The fourth-order valence-corrected chi connectivity index (χ4v) is 14.6. The van der Waals surface area contributed by atoms with Crippen molar-refractivity contribution in [3.05, 3.63) is 309 Å². The van der Waals surface area contributed by atoms with Gasteiger partial charge in [0.25, 0.3) is 6.71 Å². The van der Waals surface area contributed by atoms with Crippen molar-refractivity contribution < 1.29 is 0 Å². The van der Waals surface area contributed by atoms with E-state index in [1.165, 1.54) is 121 Å². The molecule has 0 aliphatic carbocycles. The number of hydrogen-bond donors (Lipinski definition) is 0. The summed E-state index contributed by atoms with van der Waals surface area (Å²) in [5, 5.41) is 4.95. The molecule has 0 spiro atoms. The van der Waals surface area contributed by atoms with E-state index in [0.717, 1.165) is 34.1 Å². The van der Waals surface area contributed by atoms with E-state index in [1.807, 2.05) is 0 Å². The number of aromatic nitrogens is 2. The van der Waals surface area contributed by atoms with Gasteiger partial charge in [0.2, 0.25) is 0 Å². The molecule has 0 N–H and O–H groups in total. The van der Waals surface area contributed by atoms with Crippen LogP contribution in [0.2, 0.25) is 0 Å². The molecule has 0 saturated heterocycles. The van der Waals surface area contributed by atoms with Crippen LogP contribution in [0.25, 0.3) is 99.5 Å². The molecule has 2 aliphatic heterocycles. The van der Waals surface area contributed by atoms with Crippen LogP contribution in [0.4, 0.5) is 34.1 Å². The molecule has 4 nitrogen and oxygen atoms in total. The molecule has 0 radical (unpaired) electrons. The van der Waals surface area contributed by atoms with E-state index in [2.05, 4.69) is 343 Å². The molecule has 87 heavy (non-hydrogen) atoms. The van der Waals surface area contributed by atoms with Crippen molar-refractivity contribution in [2.45, 2.75) is 26.2 Å². The van der Waals surface area contributed by atoms with Gasteiger partial charge in [-0.25, -0.2) is 0 Å². The van der Waals surface area contributed by atoms with Crippen LogP contribution in [-0.4, -0.2) is 15.8 Å². The van der Waals surface area contributed by atoms with Gasteiger partial charge >= 0.3 is 0 Å². The van der Waals surface area contributed by atoms with Crippen molar-refractivity contribution in [1.29, 1.82) is 0 Å². The molecular weight excluding hydrogens is 1050 g/mol. The molecule has 15 aromatic rings. The molecule has 0 saturated carbocycles. The molecule has 0 fully saturated rings. The Kier molecular flexibility index (Phi) is 11.6. The van der Waals surface area contributed by atoms with Crippen LogP contribution in [-0.2, 0) is 5.41 Å². The number of para-hydroxylation sites is 6. The van der Waals surface area contributed by atoms with Gasteiger partial charge in [-0.1, -0.05) is 239 Å². The maximum Gasteiger partial charge on any atom is 0.252 e. The zero-order valence-electron chi connectivity index (χ0n) is 48.7. The van der Waals surface area contributed by atoms with E-state index in [9.17, 15) is 0 Å². The fourth-order valence-electron chi connectivity index (χ4n) is 14.6. The highest BCUT2D eigenvalue weighted by atomic mass is 15.2. The molecule has 13 aromatic carbocycles. The lowest BCUT2D eigenvalue weighted by Gasteiger charge is -2.46. The minimum atomic E-state index is -0.209. The highest BCUT2D eigenvalue weighted by Crippen LogP contribution is 2.51. The predicted octanol–water partition coefficient (Wildman–Crippen LogP) is 19.9. The molecule has 5 heteroatoms. The summed E-state index contributed by atoms with van der Waals surface area (Å²) in [5.74, 6) is 0. The quantitative estimate of drug-likeness (QED) is 0.141. The Bertz CT molecular complexity index is 4890. The number of fused-ring (bicyclic) bond motifs is 10. The summed E-state index contributed by atoms with van der Waals surface area (Å²) in [7, 11) is 0. The average Bonchev–Trinajstić information content (AvgIpc) is 1.60. The second-order valence-corrected chi connectivity index (χ2v) is 24.4. The highest BCUT2D eigenvalue weighted by Gasteiger charge is 2.45. The van der Waals surface area contributed by atoms with Crippen LogP contribution in [0.5, 0.6) is 0 Å². The molecular formula is C82H59BN4. The maximum atomic E-state index is 2.61. The Morgan fingerprint density at radius 1 is 0.276 bits per heavy atom. The lowest BCUT2D eigenvalue weighted by Crippen LogP contribution is -2.61. The van der Waals surface area contributed by atoms with Gasteiger partial charge in [-0.05, 0) is 146 Å². The molecule has 4 heterocycles. The molecule has 410 valence electrons. The number of anilines is 6. The molecule has 2 aliphatic rings. The monoisotopic (exact) mass is 1110 g/mol. The Morgan fingerprint density at radius 2 is 0.644 bits per heavy atom. The Labute approximate surface area is 507 Å². The van der Waals surface area contributed by atoms with E-state index in [-0.39, 0.29) is 12.1 Å². The van der Waals surface area contributed by atoms with Crippen molar-refractivity contribution >= 4 is 101 Å². The summed E-state index contributed by atoms with van der Waals surface area (Å²) >= 11 is 0. The lowest BCUT2D eigenvalue weighted by molar-refractivity contribution is 0.590. The van der Waals surface area contributed by atoms with E-state index in [4.69, 9.17) is 0 Å². The minimum Gasteiger partial charge on any atom is -0.311 e. The summed E-state index contributed by atoms with van der Waals surface area (Å²) in [6.07, 6.45) is 0. The second-order valence-electron chi connectivity index (χ2n) is 24.4. The summed E-state index contributed by atoms with van der Waals surface area (Å²) in [6, 6.07) is 113. The smallest absolute Gasteiger partial charge is 0.252 e. The first-order valence-corrected chi connectivity index (χ1v) is 30.4. The van der Waals surface area contributed by atoms with Gasteiger partial charge < -0.3 is 18.9 Å². The van der Waals surface area contributed by atoms with Crippen LogP contribution in [0.3, 0.4) is 0 Å². The van der Waals surface area contributed by atoms with Crippen LogP contribution >= 0.6 is 0 Å². The SMILES string of the molecule is CC(C)(C)c1cc2c3c(c1)N(c1ccccc1-c1ccccc1)c1ccc(-c4cccc5c4c4ccccc4n5-c4ccccc4)cc1B3c1cc(-c3cccc4c3c3ccccc3n4-c3ccccc3)ccc1N2c1ccccc1-c1ccccc1. The van der Waals surface area contributed by atoms with E-state index in [0.29, 0.717) is 0 Å². The summed E-state index contributed by atoms with van der Waals surface area (Å²) in [5.41, 5.74) is 28.3. The van der Waals surface area contributed by atoms with Gasteiger partial charge in [0.05, 0.1) is 33.4 Å². The molecule has 0 unspecified atom stereocenters. The predicted molar refractivity (Wildman–Crippen MR) is 370 cm³/mol. The first-order chi connectivity index (χ1) is 42.9. The lowest BCUT2D eigenvalue weighted by atomic mass is 9.33. The maximum absolute atomic E-state index is 2.61. The van der Waals surface area contributed by atoms with Crippen LogP contribution in [0.15, 0.2) is 303 Å². The normalized spacial score (nSPS) is 12.7. The molecule has 0 amide bonds. The third kappa shape index (κ3) is 7.93. The van der Waals surface area contributed by atoms with E-state index in [1.54, 1.807) is 0 Å². The van der Waals surface area contributed by atoms with Crippen LogP contribution in [0, 0.1) is 0 Å². The van der Waals surface area contributed by atoms with Crippen molar-refractivity contribution in [3.63, 3.8) is 0 Å². The largest absolute Gasteiger partial charge is 0.311 e. The zero-order chi connectivity index (χ0) is 57.9. The molecule has 17 rings (SSSR count). The standard InChI is InChI=1S/C82H59BN4/c1-82(2,3)58-52-77-81-78(53-58)87(70-41-21-17-35-62(70)55-28-10-5-11-29-55)74-49-47-57(64-39-25-45-76-80(64)66-37-19-23-43-72(66)85(76)60-32-14-7-15-33-60)51-68(74)83(81)67-50-56(46-48-73(67)86(77)69-40-20-16-34-61(69)54-26-8-4-9-27-54)63-38-24-44-75-79(63)65-36-18-22-42-71(65)84(75)59-30-12-6-13-31-59/h4-53H,1-3H3. The highest BCUT2D eigenvalue weighted by molar-refractivity contribution is 7.00. The Hall–Kier alpha value is -10.9. The first kappa shape index (κ1) is 50.6. The Morgan fingerprint density at radius 3 is 1.08 bits per heavy atom.